The topological polar surface area (TPSA) is 0 Å². The van der Waals surface area contributed by atoms with Crippen LogP contribution in [0.4, 0.5) is 0 Å². The minimum atomic E-state index is -2.13. The van der Waals surface area contributed by atoms with E-state index < -0.39 is 20.3 Å². The Kier molecular flexibility index (Phi) is 3.40. The van der Waals surface area contributed by atoms with Gasteiger partial charge in [0.25, 0.3) is 0 Å². The van der Waals surface area contributed by atoms with Gasteiger partial charge in [-0.15, -0.1) is 0 Å². The van der Waals surface area contributed by atoms with Crippen LogP contribution in [0.25, 0.3) is 0 Å². The summed E-state index contributed by atoms with van der Waals surface area (Å²) in [7, 11) is 0. The zero-order valence-electron chi connectivity index (χ0n) is 14.6. The average molecular weight is 386 g/mol. The maximum absolute atomic E-state index is 2.66. The number of allylic oxidation sites excluding steroid dienone is 8. The van der Waals surface area contributed by atoms with Gasteiger partial charge in [-0.3, -0.25) is 0 Å². The molecule has 0 aromatic heterocycles. The van der Waals surface area contributed by atoms with E-state index in [9.17, 15) is 0 Å². The fraction of sp³-hybridized carbons (Fsp3) is 0.636. The van der Waals surface area contributed by atoms with Crippen molar-refractivity contribution in [2.24, 2.45) is 23.7 Å². The van der Waals surface area contributed by atoms with Crippen LogP contribution in [0, 0.1) is 23.7 Å². The van der Waals surface area contributed by atoms with E-state index in [4.69, 9.17) is 0 Å². The SMILES string of the molecule is C[C]1(C)[CH2][Zr]1([CH]1CCC2C=CC=CC21)[CH]1CCC2C=CC=CC21. The predicted octanol–water partition coefficient (Wildman–Crippen LogP) is 6.65. The molecule has 1 heterocycles. The van der Waals surface area contributed by atoms with E-state index in [-0.39, 0.29) is 0 Å². The van der Waals surface area contributed by atoms with E-state index in [1.165, 1.54) is 12.8 Å². The van der Waals surface area contributed by atoms with Crippen LogP contribution < -0.4 is 0 Å². The standard InChI is InChI=1S/2C9H11.C4H8.Zr/c2*1-2-5-9-7-3-6-8(9)4-1;1-4(2)3;/h2*1-2,4-6,8-9H,3,7H2;1H2,2-3H3;. The van der Waals surface area contributed by atoms with E-state index in [1.807, 2.05) is 0 Å². The Labute approximate surface area is 146 Å². The average Bonchev–Trinajstić information content (AvgIpc) is 2.95. The van der Waals surface area contributed by atoms with Gasteiger partial charge in [0.05, 0.1) is 0 Å². The number of rotatable bonds is 2. The molecule has 0 N–H and O–H groups in total. The van der Waals surface area contributed by atoms with Crippen LogP contribution in [0.2, 0.25) is 14.5 Å². The van der Waals surface area contributed by atoms with Gasteiger partial charge in [0.15, 0.2) is 0 Å². The zero-order valence-corrected chi connectivity index (χ0v) is 17.1. The van der Waals surface area contributed by atoms with Crippen molar-refractivity contribution in [3.05, 3.63) is 48.6 Å². The third-order valence-corrected chi connectivity index (χ3v) is 27.3. The number of fused-ring (bicyclic) bond motifs is 2. The van der Waals surface area contributed by atoms with Crippen molar-refractivity contribution >= 4 is 0 Å². The Bertz CT molecular complexity index is 576. The van der Waals surface area contributed by atoms with Crippen molar-refractivity contribution in [3.63, 3.8) is 0 Å². The molecule has 3 fully saturated rings. The molecule has 0 amide bonds. The number of hydrogen-bond donors (Lipinski definition) is 0. The molecule has 1 heteroatoms. The maximum atomic E-state index is 2.66. The normalized spacial score (nSPS) is 51.7. The summed E-state index contributed by atoms with van der Waals surface area (Å²) in [6.07, 6.45) is 25.7. The van der Waals surface area contributed by atoms with E-state index >= 15 is 0 Å². The number of hydrogen-bond acceptors (Lipinski definition) is 0. The second kappa shape index (κ2) is 5.17. The molecule has 6 atom stereocenters. The van der Waals surface area contributed by atoms with Crippen molar-refractivity contribution < 1.29 is 20.3 Å². The van der Waals surface area contributed by atoms with E-state index in [0.717, 1.165) is 34.0 Å². The molecular weight excluding hydrogens is 355 g/mol. The fourth-order valence-electron chi connectivity index (χ4n) is 7.34. The summed E-state index contributed by atoms with van der Waals surface area (Å²) in [5, 5.41) is 0. The summed E-state index contributed by atoms with van der Waals surface area (Å²) in [5.41, 5.74) is 0. The summed E-state index contributed by atoms with van der Waals surface area (Å²) >= 11 is -2.13. The van der Waals surface area contributed by atoms with Gasteiger partial charge in [0.1, 0.15) is 0 Å². The molecule has 6 unspecified atom stereocenters. The Morgan fingerprint density at radius 1 is 0.696 bits per heavy atom. The van der Waals surface area contributed by atoms with E-state index in [2.05, 4.69) is 62.5 Å². The molecule has 4 aliphatic carbocycles. The van der Waals surface area contributed by atoms with Crippen LogP contribution in [-0.4, -0.2) is 0 Å². The molecule has 5 aliphatic rings. The Hall–Kier alpha value is -0.157. The van der Waals surface area contributed by atoms with Gasteiger partial charge < -0.3 is 0 Å². The fourth-order valence-corrected chi connectivity index (χ4v) is 29.8. The van der Waals surface area contributed by atoms with Gasteiger partial charge in [0, 0.05) is 0 Å². The van der Waals surface area contributed by atoms with Gasteiger partial charge in [-0.05, 0) is 0 Å². The second-order valence-corrected chi connectivity index (χ2v) is 22.4. The molecule has 0 nitrogen and oxygen atoms in total. The van der Waals surface area contributed by atoms with Crippen molar-refractivity contribution in [2.45, 2.75) is 54.0 Å². The first-order valence-electron chi connectivity index (χ1n) is 9.83. The van der Waals surface area contributed by atoms with Crippen LogP contribution in [-0.2, 0) is 20.3 Å². The first-order valence-corrected chi connectivity index (χ1v) is 15.6. The van der Waals surface area contributed by atoms with Crippen molar-refractivity contribution in [1.29, 1.82) is 0 Å². The first kappa shape index (κ1) is 15.1. The first-order chi connectivity index (χ1) is 11.1. The zero-order chi connectivity index (χ0) is 15.7. The Morgan fingerprint density at radius 3 is 1.57 bits per heavy atom. The van der Waals surface area contributed by atoms with Crippen LogP contribution in [0.1, 0.15) is 39.5 Å². The summed E-state index contributed by atoms with van der Waals surface area (Å²) < 4.78 is 4.71. The van der Waals surface area contributed by atoms with Crippen molar-refractivity contribution in [1.82, 2.24) is 0 Å². The molecule has 5 rings (SSSR count). The van der Waals surface area contributed by atoms with Gasteiger partial charge in [-0.2, -0.15) is 0 Å². The summed E-state index contributed by atoms with van der Waals surface area (Å²) in [6, 6.07) is 0. The molecule has 0 radical (unpaired) electrons. The molecule has 0 aromatic carbocycles. The molecule has 1 saturated heterocycles. The molecular formula is C22H30Zr. The van der Waals surface area contributed by atoms with Gasteiger partial charge in [-0.25, -0.2) is 0 Å². The molecule has 23 heavy (non-hydrogen) atoms. The minimum absolute atomic E-state index is 0.762. The second-order valence-electron chi connectivity index (χ2n) is 9.49. The molecule has 0 spiro atoms. The summed E-state index contributed by atoms with van der Waals surface area (Å²) in [5.74, 6) is 3.60. The van der Waals surface area contributed by atoms with Crippen LogP contribution in [0.3, 0.4) is 0 Å². The summed E-state index contributed by atoms with van der Waals surface area (Å²) in [6.45, 7) is 5.32. The van der Waals surface area contributed by atoms with E-state index in [1.54, 1.807) is 17.0 Å². The van der Waals surface area contributed by atoms with Crippen LogP contribution in [0.15, 0.2) is 48.6 Å². The molecule has 0 bridgehead atoms. The molecule has 122 valence electrons. The molecule has 2 saturated carbocycles. The van der Waals surface area contributed by atoms with Crippen LogP contribution in [0.5, 0.6) is 0 Å². The Balaban J connectivity index is 1.51. The van der Waals surface area contributed by atoms with E-state index in [0.29, 0.717) is 0 Å². The molecule has 0 aromatic rings. The van der Waals surface area contributed by atoms with Crippen molar-refractivity contribution in [2.75, 3.05) is 0 Å². The Morgan fingerprint density at radius 2 is 1.13 bits per heavy atom. The third kappa shape index (κ3) is 2.05. The van der Waals surface area contributed by atoms with Crippen LogP contribution >= 0.6 is 0 Å². The summed E-state index contributed by atoms with van der Waals surface area (Å²) in [4.78, 5) is 0. The quantitative estimate of drug-likeness (QED) is 0.499. The van der Waals surface area contributed by atoms with Gasteiger partial charge >= 0.3 is 147 Å². The third-order valence-electron chi connectivity index (χ3n) is 8.34. The van der Waals surface area contributed by atoms with Gasteiger partial charge in [-0.1, -0.05) is 0 Å². The molecule has 1 aliphatic heterocycles. The van der Waals surface area contributed by atoms with Crippen molar-refractivity contribution in [3.8, 4) is 0 Å². The monoisotopic (exact) mass is 384 g/mol. The van der Waals surface area contributed by atoms with Gasteiger partial charge in [0.2, 0.25) is 0 Å². The predicted molar refractivity (Wildman–Crippen MR) is 95.3 cm³/mol.